The molecule has 1 atom stereocenters. The number of hydrogen-bond acceptors (Lipinski definition) is 5. The molecule has 1 N–H and O–H groups in total. The predicted molar refractivity (Wildman–Crippen MR) is 110 cm³/mol. The van der Waals surface area contributed by atoms with Gasteiger partial charge in [-0.15, -0.1) is 0 Å². The van der Waals surface area contributed by atoms with E-state index in [-0.39, 0.29) is 33.7 Å². The smallest absolute Gasteiger partial charge is 0.202 e. The van der Waals surface area contributed by atoms with Gasteiger partial charge in [-0.2, -0.15) is 0 Å². The molecule has 0 radical (unpaired) electrons. The van der Waals surface area contributed by atoms with Crippen LogP contribution in [0.1, 0.15) is 17.3 Å². The number of benzene rings is 3. The maximum absolute atomic E-state index is 12.5. The van der Waals surface area contributed by atoms with Gasteiger partial charge in [0.25, 0.3) is 0 Å². The highest BCUT2D eigenvalue weighted by atomic mass is 16.5. The largest absolute Gasteiger partial charge is 0.507 e. The number of ketones is 1. The molecule has 1 heterocycles. The van der Waals surface area contributed by atoms with Gasteiger partial charge in [-0.05, 0) is 6.92 Å². The fourth-order valence-electron chi connectivity index (χ4n) is 3.15. The van der Waals surface area contributed by atoms with Crippen molar-refractivity contribution in [3.8, 4) is 22.8 Å². The van der Waals surface area contributed by atoms with Gasteiger partial charge in [0.15, 0.2) is 11.5 Å². The second kappa shape index (κ2) is 7.64. The third-order valence-electron chi connectivity index (χ3n) is 4.58. The molecule has 144 valence electrons. The van der Waals surface area contributed by atoms with Gasteiger partial charge in [0.2, 0.25) is 5.78 Å². The molecule has 0 bridgehead atoms. The van der Waals surface area contributed by atoms with Crippen LogP contribution in [0.15, 0.2) is 88.1 Å². The van der Waals surface area contributed by atoms with Crippen LogP contribution in [0.5, 0.6) is 11.5 Å². The molecule has 0 saturated heterocycles. The molecule has 0 fully saturated rings. The molecule has 5 nitrogen and oxygen atoms in total. The number of Topliss-reactive ketones (excluding diaryl/α,β-unsaturated/α-hetero) is 1. The van der Waals surface area contributed by atoms with Crippen LogP contribution in [-0.2, 0) is 0 Å². The Morgan fingerprint density at radius 3 is 2.31 bits per heavy atom. The first-order valence-electron chi connectivity index (χ1n) is 9.15. The number of aromatic hydroxyl groups is 1. The standard InChI is InChI=1S/C24H18O5/c1-15(24(27)17-10-6-3-7-11-17)28-18-12-19(25)23-20(26)14-21(29-22(23)13-18)16-8-4-2-5-9-16/h2-15,25H,1H3/t15-/m0/s1. The Labute approximate surface area is 166 Å². The lowest BCUT2D eigenvalue weighted by Crippen LogP contribution is -2.23. The third-order valence-corrected chi connectivity index (χ3v) is 4.58. The van der Waals surface area contributed by atoms with Gasteiger partial charge >= 0.3 is 0 Å². The minimum Gasteiger partial charge on any atom is -0.507 e. The summed E-state index contributed by atoms with van der Waals surface area (Å²) < 4.78 is 11.6. The van der Waals surface area contributed by atoms with Crippen molar-refractivity contribution in [3.63, 3.8) is 0 Å². The number of phenolic OH excluding ortho intramolecular Hbond substituents is 1. The lowest BCUT2D eigenvalue weighted by molar-refractivity contribution is 0.0817. The molecule has 5 heteroatoms. The highest BCUT2D eigenvalue weighted by molar-refractivity contribution is 5.99. The molecule has 0 aliphatic rings. The van der Waals surface area contributed by atoms with Crippen LogP contribution in [0.2, 0.25) is 0 Å². The number of fused-ring (bicyclic) bond motifs is 1. The zero-order chi connectivity index (χ0) is 20.4. The number of carbonyl (C=O) groups is 1. The first-order valence-corrected chi connectivity index (χ1v) is 9.15. The fourth-order valence-corrected chi connectivity index (χ4v) is 3.15. The molecule has 4 rings (SSSR count). The van der Waals surface area contributed by atoms with E-state index in [1.54, 1.807) is 31.2 Å². The van der Waals surface area contributed by atoms with Crippen molar-refractivity contribution in [2.45, 2.75) is 13.0 Å². The van der Waals surface area contributed by atoms with Crippen LogP contribution in [-0.4, -0.2) is 17.0 Å². The third kappa shape index (κ3) is 3.75. The maximum Gasteiger partial charge on any atom is 0.202 e. The highest BCUT2D eigenvalue weighted by Crippen LogP contribution is 2.31. The average Bonchev–Trinajstić information content (AvgIpc) is 2.73. The Kier molecular flexibility index (Phi) is 4.87. The lowest BCUT2D eigenvalue weighted by Gasteiger charge is -2.15. The van der Waals surface area contributed by atoms with E-state index < -0.39 is 6.10 Å². The van der Waals surface area contributed by atoms with Gasteiger partial charge in [-0.3, -0.25) is 9.59 Å². The van der Waals surface area contributed by atoms with Crippen molar-refractivity contribution < 1.29 is 19.1 Å². The van der Waals surface area contributed by atoms with E-state index in [9.17, 15) is 14.7 Å². The lowest BCUT2D eigenvalue weighted by atomic mass is 10.1. The summed E-state index contributed by atoms with van der Waals surface area (Å²) in [6, 6.07) is 22.2. The van der Waals surface area contributed by atoms with Crippen LogP contribution >= 0.6 is 0 Å². The summed E-state index contributed by atoms with van der Waals surface area (Å²) >= 11 is 0. The van der Waals surface area contributed by atoms with E-state index in [2.05, 4.69) is 0 Å². The van der Waals surface area contributed by atoms with Gasteiger partial charge in [-0.1, -0.05) is 60.7 Å². The normalized spacial score (nSPS) is 11.9. The molecule has 29 heavy (non-hydrogen) atoms. The van der Waals surface area contributed by atoms with Crippen LogP contribution in [0, 0.1) is 0 Å². The monoisotopic (exact) mass is 386 g/mol. The molecule has 4 aromatic rings. The van der Waals surface area contributed by atoms with E-state index in [4.69, 9.17) is 9.15 Å². The van der Waals surface area contributed by atoms with Crippen LogP contribution in [0.4, 0.5) is 0 Å². The number of phenols is 1. The predicted octanol–water partition coefficient (Wildman–Crippen LogP) is 4.82. The fraction of sp³-hybridized carbons (Fsp3) is 0.0833. The van der Waals surface area contributed by atoms with Crippen LogP contribution < -0.4 is 10.2 Å². The Morgan fingerprint density at radius 1 is 0.966 bits per heavy atom. The van der Waals surface area contributed by atoms with Crippen LogP contribution in [0.25, 0.3) is 22.3 Å². The molecule has 0 aliphatic carbocycles. The summed E-state index contributed by atoms with van der Waals surface area (Å²) in [5.74, 6) is 0.170. The number of hydrogen-bond donors (Lipinski definition) is 1. The van der Waals surface area contributed by atoms with Crippen molar-refractivity contribution in [1.82, 2.24) is 0 Å². The number of rotatable bonds is 5. The van der Waals surface area contributed by atoms with Gasteiger partial charge in [-0.25, -0.2) is 0 Å². The summed E-state index contributed by atoms with van der Waals surface area (Å²) in [5, 5.41) is 10.4. The second-order valence-corrected chi connectivity index (χ2v) is 6.65. The first kappa shape index (κ1) is 18.5. The summed E-state index contributed by atoms with van der Waals surface area (Å²) in [7, 11) is 0. The van der Waals surface area contributed by atoms with E-state index in [0.717, 1.165) is 5.56 Å². The summed E-state index contributed by atoms with van der Waals surface area (Å²) in [4.78, 5) is 25.0. The molecule has 0 spiro atoms. The van der Waals surface area contributed by atoms with Gasteiger partial charge in [0.1, 0.15) is 28.2 Å². The molecule has 0 saturated carbocycles. The molecule has 0 unspecified atom stereocenters. The second-order valence-electron chi connectivity index (χ2n) is 6.65. The topological polar surface area (TPSA) is 76.7 Å². The molecule has 3 aromatic carbocycles. The quantitative estimate of drug-likeness (QED) is 0.498. The highest BCUT2D eigenvalue weighted by Gasteiger charge is 2.19. The van der Waals surface area contributed by atoms with Crippen molar-refractivity contribution >= 4 is 16.8 Å². The zero-order valence-electron chi connectivity index (χ0n) is 15.7. The van der Waals surface area contributed by atoms with Gasteiger partial charge < -0.3 is 14.3 Å². The summed E-state index contributed by atoms with van der Waals surface area (Å²) in [5.41, 5.74) is 1.10. The Bertz CT molecular complexity index is 1230. The Balaban J connectivity index is 1.71. The van der Waals surface area contributed by atoms with Crippen LogP contribution in [0.3, 0.4) is 0 Å². The van der Waals surface area contributed by atoms with Crippen molar-refractivity contribution in [1.29, 1.82) is 0 Å². The molecular weight excluding hydrogens is 368 g/mol. The van der Waals surface area contributed by atoms with Gasteiger partial charge in [0, 0.05) is 29.3 Å². The van der Waals surface area contributed by atoms with Gasteiger partial charge in [0.05, 0.1) is 0 Å². The number of carbonyl (C=O) groups excluding carboxylic acids is 1. The first-order chi connectivity index (χ1) is 14.0. The Morgan fingerprint density at radius 2 is 1.62 bits per heavy atom. The average molecular weight is 386 g/mol. The summed E-state index contributed by atoms with van der Waals surface area (Å²) in [6.45, 7) is 1.63. The number of ether oxygens (including phenoxy) is 1. The minimum absolute atomic E-state index is 0.0686. The molecule has 0 aliphatic heterocycles. The van der Waals surface area contributed by atoms with E-state index in [1.807, 2.05) is 36.4 Å². The minimum atomic E-state index is -0.779. The Hall–Kier alpha value is -3.86. The van der Waals surface area contributed by atoms with Crippen molar-refractivity contribution in [2.75, 3.05) is 0 Å². The summed E-state index contributed by atoms with van der Waals surface area (Å²) in [6.07, 6.45) is -0.779. The van der Waals surface area contributed by atoms with E-state index >= 15 is 0 Å². The molecular formula is C24H18O5. The zero-order valence-corrected chi connectivity index (χ0v) is 15.7. The molecule has 0 amide bonds. The molecule has 1 aromatic heterocycles. The van der Waals surface area contributed by atoms with Crippen molar-refractivity contribution in [2.24, 2.45) is 0 Å². The van der Waals surface area contributed by atoms with Crippen molar-refractivity contribution in [3.05, 3.63) is 94.6 Å². The van der Waals surface area contributed by atoms with E-state index in [0.29, 0.717) is 11.3 Å². The van der Waals surface area contributed by atoms with E-state index in [1.165, 1.54) is 18.2 Å². The maximum atomic E-state index is 12.5. The SMILES string of the molecule is C[C@H](Oc1cc(O)c2c(=O)cc(-c3ccccc3)oc2c1)C(=O)c1ccccc1.